The number of aryl methyl sites for hydroxylation is 4. The van der Waals surface area contributed by atoms with Crippen molar-refractivity contribution in [2.45, 2.75) is 40.0 Å². The first-order valence-corrected chi connectivity index (χ1v) is 24.9. The molecule has 3 nitrogen and oxygen atoms in total. The number of hydrogen-bond donors (Lipinski definition) is 0. The molecule has 0 spiro atoms. The Bertz CT molecular complexity index is 3950. The number of rotatable bonds is 7. The van der Waals surface area contributed by atoms with Crippen LogP contribution in [-0.2, 0) is 12.4 Å². The van der Waals surface area contributed by atoms with Crippen molar-refractivity contribution in [2.75, 3.05) is 0 Å². The van der Waals surface area contributed by atoms with E-state index in [4.69, 9.17) is 0 Å². The van der Waals surface area contributed by atoms with Crippen molar-refractivity contribution in [1.29, 1.82) is 5.26 Å². The highest BCUT2D eigenvalue weighted by Crippen LogP contribution is 2.49. The molecule has 12 rings (SSSR count). The van der Waals surface area contributed by atoms with Gasteiger partial charge >= 0.3 is 12.4 Å². The van der Waals surface area contributed by atoms with E-state index < -0.39 is 29.0 Å². The van der Waals surface area contributed by atoms with Crippen LogP contribution in [0.1, 0.15) is 38.9 Å². The molecule has 0 amide bonds. The van der Waals surface area contributed by atoms with Crippen LogP contribution in [0.25, 0.3) is 111 Å². The first-order valence-electron chi connectivity index (χ1n) is 24.9. The van der Waals surface area contributed by atoms with Crippen LogP contribution in [0.4, 0.5) is 26.3 Å². The number of hydrogen-bond acceptors (Lipinski definition) is 1. The van der Waals surface area contributed by atoms with Crippen LogP contribution in [0, 0.1) is 39.0 Å². The van der Waals surface area contributed by atoms with Crippen LogP contribution in [0.2, 0.25) is 0 Å². The van der Waals surface area contributed by atoms with Crippen molar-refractivity contribution in [1.82, 2.24) is 9.13 Å². The van der Waals surface area contributed by atoms with Gasteiger partial charge in [0.15, 0.2) is 0 Å². The van der Waals surface area contributed by atoms with Gasteiger partial charge in [0.1, 0.15) is 0 Å². The lowest BCUT2D eigenvalue weighted by atomic mass is 9.92. The third-order valence-electron chi connectivity index (χ3n) is 15.0. The predicted molar refractivity (Wildman–Crippen MR) is 296 cm³/mol. The van der Waals surface area contributed by atoms with E-state index in [1.165, 1.54) is 0 Å². The summed E-state index contributed by atoms with van der Waals surface area (Å²) in [6.07, 6.45) is -10.4. The minimum atomic E-state index is -5.27. The lowest BCUT2D eigenvalue weighted by molar-refractivity contribution is -0.142. The summed E-state index contributed by atoms with van der Waals surface area (Å²) in [5.41, 5.74) is 10.6. The van der Waals surface area contributed by atoms with Crippen molar-refractivity contribution in [3.63, 3.8) is 0 Å². The molecular weight excluding hydrogens is 961 g/mol. The van der Waals surface area contributed by atoms with E-state index in [2.05, 4.69) is 6.07 Å². The summed E-state index contributed by atoms with van der Waals surface area (Å²) >= 11 is 0. The molecule has 0 aliphatic heterocycles. The smallest absolute Gasteiger partial charge is 0.308 e. The number of aromatic nitrogens is 2. The zero-order valence-corrected chi connectivity index (χ0v) is 41.7. The molecule has 0 radical (unpaired) electrons. The number of alkyl halides is 6. The molecule has 0 fully saturated rings. The molecule has 76 heavy (non-hydrogen) atoms. The fraction of sp³-hybridized carbons (Fsp3) is 0.0896. The van der Waals surface area contributed by atoms with Crippen molar-refractivity contribution >= 4 is 43.6 Å². The largest absolute Gasteiger partial charge is 0.417 e. The molecule has 12 aromatic rings. The summed E-state index contributed by atoms with van der Waals surface area (Å²) in [7, 11) is 0. The maximum absolute atomic E-state index is 16.1. The maximum atomic E-state index is 16.1. The van der Waals surface area contributed by atoms with Crippen LogP contribution in [0.5, 0.6) is 0 Å². The third kappa shape index (κ3) is 8.00. The van der Waals surface area contributed by atoms with Gasteiger partial charge in [-0.25, -0.2) is 0 Å². The van der Waals surface area contributed by atoms with Gasteiger partial charge in [-0.15, -0.1) is 0 Å². The summed E-state index contributed by atoms with van der Waals surface area (Å²) in [5, 5.41) is 14.4. The van der Waals surface area contributed by atoms with Gasteiger partial charge in [0.05, 0.1) is 56.2 Å². The van der Waals surface area contributed by atoms with Crippen LogP contribution < -0.4 is 0 Å². The number of halogens is 6. The van der Waals surface area contributed by atoms with Crippen LogP contribution >= 0.6 is 0 Å². The van der Waals surface area contributed by atoms with Crippen molar-refractivity contribution in [2.24, 2.45) is 0 Å². The lowest BCUT2D eigenvalue weighted by Crippen LogP contribution is -2.14. The van der Waals surface area contributed by atoms with E-state index in [0.717, 1.165) is 94.4 Å². The third-order valence-corrected chi connectivity index (χ3v) is 15.0. The number of benzene rings is 10. The Morgan fingerprint density at radius 1 is 0.355 bits per heavy atom. The van der Waals surface area contributed by atoms with Gasteiger partial charge in [-0.3, -0.25) is 0 Å². The molecular formula is C67H45F6N3. The molecule has 2 aromatic heterocycles. The van der Waals surface area contributed by atoms with Gasteiger partial charge in [-0.05, 0) is 149 Å². The van der Waals surface area contributed by atoms with Crippen LogP contribution in [0.3, 0.4) is 0 Å². The second kappa shape index (κ2) is 18.1. The van der Waals surface area contributed by atoms with E-state index in [-0.39, 0.29) is 28.6 Å². The van der Waals surface area contributed by atoms with E-state index in [1.54, 1.807) is 12.1 Å². The van der Waals surface area contributed by atoms with Gasteiger partial charge in [0.25, 0.3) is 0 Å². The second-order valence-corrected chi connectivity index (χ2v) is 19.6. The van der Waals surface area contributed by atoms with Gasteiger partial charge in [0.2, 0.25) is 0 Å². The number of nitriles is 1. The molecule has 10 aromatic carbocycles. The Morgan fingerprint density at radius 3 is 0.974 bits per heavy atom. The van der Waals surface area contributed by atoms with Gasteiger partial charge in [-0.1, -0.05) is 152 Å². The van der Waals surface area contributed by atoms with Crippen molar-refractivity contribution in [3.8, 4) is 73.1 Å². The van der Waals surface area contributed by atoms with Crippen LogP contribution in [0.15, 0.2) is 200 Å². The summed E-state index contributed by atoms with van der Waals surface area (Å²) < 4.78 is 96.2. The van der Waals surface area contributed by atoms with E-state index >= 15 is 13.2 Å². The first-order chi connectivity index (χ1) is 36.6. The Hall–Kier alpha value is -9.13. The average molecular weight is 1010 g/mol. The number of fused-ring (bicyclic) bond motifs is 6. The summed E-state index contributed by atoms with van der Waals surface area (Å²) in [5.74, 6) is 0. The van der Waals surface area contributed by atoms with Gasteiger partial charge in [-0.2, -0.15) is 31.6 Å². The van der Waals surface area contributed by atoms with Crippen LogP contribution in [-0.4, -0.2) is 9.13 Å². The molecule has 0 N–H and O–H groups in total. The highest BCUT2D eigenvalue weighted by Gasteiger charge is 2.40. The summed E-state index contributed by atoms with van der Waals surface area (Å²) in [4.78, 5) is 0. The minimum absolute atomic E-state index is 0.0252. The average Bonchev–Trinajstić information content (AvgIpc) is 3.96. The summed E-state index contributed by atoms with van der Waals surface area (Å²) in [6.45, 7) is 8.03. The summed E-state index contributed by atoms with van der Waals surface area (Å²) in [6, 6.07) is 63.2. The SMILES string of the molecule is Cc1ccccc1-c1ccc2c3ccc(-c4ccccc4C)cc3n(-c3cc(C#N)cc(-n4c5cc(-c6ccccc6C)ccc5c5ccc(-c6ccccc6C)cc54)c3-c3ccc(C(F)(F)F)cc3C(F)(F)F)c2c1. The molecule has 0 unspecified atom stereocenters. The second-order valence-electron chi connectivity index (χ2n) is 19.6. The van der Waals surface area contributed by atoms with Crippen molar-refractivity contribution < 1.29 is 26.3 Å². The first kappa shape index (κ1) is 47.8. The minimum Gasteiger partial charge on any atom is -0.308 e. The Labute approximate surface area is 434 Å². The standard InChI is InChI=1S/C67H45F6N3/c1-39-13-5-9-17-49(39)44-21-26-53-54-27-22-45(50-18-10-6-14-40(50)2)34-60(54)75(59(53)33-44)63-31-43(38-74)32-64(65(63)57-30-25-48(66(68,69)70)37-58(57)67(71,72)73)76-61-35-46(51-19-11-7-15-41(51)3)23-28-55(61)56-29-24-47(36-62(56)76)52-20-12-8-16-42(52)4/h5-37H,1-4H3. The topological polar surface area (TPSA) is 33.6 Å². The maximum Gasteiger partial charge on any atom is 0.417 e. The van der Waals surface area contributed by atoms with E-state index in [1.807, 2.05) is 207 Å². The molecule has 0 atom stereocenters. The zero-order valence-electron chi connectivity index (χ0n) is 41.7. The fourth-order valence-electron chi connectivity index (χ4n) is 11.3. The predicted octanol–water partition coefficient (Wildman–Crippen LogP) is 19.4. The molecule has 0 bridgehead atoms. The van der Waals surface area contributed by atoms with E-state index in [9.17, 15) is 18.4 Å². The molecule has 370 valence electrons. The molecule has 0 saturated heterocycles. The van der Waals surface area contributed by atoms with E-state index in [0.29, 0.717) is 28.1 Å². The quantitative estimate of drug-likeness (QED) is 0.147. The Balaban J connectivity index is 1.30. The monoisotopic (exact) mass is 1010 g/mol. The Morgan fingerprint density at radius 2 is 0.684 bits per heavy atom. The zero-order chi connectivity index (χ0) is 52.8. The molecule has 2 heterocycles. The number of nitrogens with zero attached hydrogens (tertiary/aromatic N) is 3. The lowest BCUT2D eigenvalue weighted by Gasteiger charge is -2.24. The molecule has 0 aliphatic rings. The molecule has 9 heteroatoms. The normalized spacial score (nSPS) is 12.1. The molecule has 0 aliphatic carbocycles. The fourth-order valence-corrected chi connectivity index (χ4v) is 11.3. The molecule has 0 saturated carbocycles. The van der Waals surface area contributed by atoms with Crippen molar-refractivity contribution in [3.05, 3.63) is 239 Å². The van der Waals surface area contributed by atoms with Gasteiger partial charge in [0, 0.05) is 27.1 Å². The Kier molecular flexibility index (Phi) is 11.4. The van der Waals surface area contributed by atoms with Gasteiger partial charge < -0.3 is 9.13 Å². The highest BCUT2D eigenvalue weighted by atomic mass is 19.4. The highest BCUT2D eigenvalue weighted by molar-refractivity contribution is 6.14.